The van der Waals surface area contributed by atoms with Crippen LogP contribution in [0.2, 0.25) is 0 Å². The highest BCUT2D eigenvalue weighted by molar-refractivity contribution is 5.87. The molecule has 3 aliphatic rings. The fraction of sp³-hybridized carbons (Fsp3) is 0.789. The lowest BCUT2D eigenvalue weighted by atomic mass is 9.91. The molecule has 20 heteroatoms. The van der Waals surface area contributed by atoms with Gasteiger partial charge in [0, 0.05) is 25.6 Å². The van der Waals surface area contributed by atoms with Crippen LogP contribution in [0.1, 0.15) is 91.2 Å². The van der Waals surface area contributed by atoms with E-state index in [0.717, 1.165) is 49.4 Å². The Kier molecular flexibility index (Phi) is 18.4. The number of allylic oxidation sites excluding steroid dienone is 1. The first-order valence-electron chi connectivity index (χ1n) is 20.1. The SMILES string of the molecule is CC(=O)N[C@@H]1[C@H](O[C@@H]2O[C@H](C[C@H](O)[C@@H]3O[C@H](n4ccc(=O)[nH]c4=O)[C@H](O)[C@@H]3O)[C@H](O)[C@H](O)[C@@H]2NC(=O)/C=C/CCCCCCCCCC(C)C)O[C@H](CO)[C@H](O)[C@H]1O. The zero-order chi connectivity index (χ0) is 42.7. The molecule has 4 rings (SSSR count). The molecule has 0 aromatic carbocycles. The fourth-order valence-electron chi connectivity index (χ4n) is 7.45. The lowest BCUT2D eigenvalue weighted by Crippen LogP contribution is -2.68. The van der Waals surface area contributed by atoms with Gasteiger partial charge in [-0.1, -0.05) is 64.9 Å². The third kappa shape index (κ3) is 12.7. The topological polar surface area (TPSA) is 312 Å². The number of carbonyl (C=O) groups excluding carboxylic acids is 2. The molecule has 0 bridgehead atoms. The first-order valence-corrected chi connectivity index (χ1v) is 20.1. The second-order valence-corrected chi connectivity index (χ2v) is 15.8. The van der Waals surface area contributed by atoms with Crippen molar-refractivity contribution in [2.75, 3.05) is 6.61 Å². The molecule has 15 atom stereocenters. The van der Waals surface area contributed by atoms with Crippen LogP contribution in [-0.4, -0.2) is 155 Å². The van der Waals surface area contributed by atoms with Crippen LogP contribution in [0.4, 0.5) is 0 Å². The highest BCUT2D eigenvalue weighted by atomic mass is 16.8. The van der Waals surface area contributed by atoms with E-state index in [4.69, 9.17) is 18.9 Å². The second kappa shape index (κ2) is 22.5. The first-order chi connectivity index (χ1) is 27.5. The Labute approximate surface area is 335 Å². The maximum atomic E-state index is 13.1. The molecule has 1 aromatic heterocycles. The van der Waals surface area contributed by atoms with Gasteiger partial charge in [-0.3, -0.25) is 23.9 Å². The molecule has 0 saturated carbocycles. The van der Waals surface area contributed by atoms with Crippen molar-refractivity contribution in [2.45, 2.75) is 177 Å². The zero-order valence-corrected chi connectivity index (χ0v) is 33.1. The van der Waals surface area contributed by atoms with Crippen molar-refractivity contribution in [3.63, 3.8) is 0 Å². The molecule has 3 aliphatic heterocycles. The Balaban J connectivity index is 1.46. The normalized spacial score (nSPS) is 34.7. The average Bonchev–Trinajstić information content (AvgIpc) is 3.46. The van der Waals surface area contributed by atoms with Crippen LogP contribution in [0.3, 0.4) is 0 Å². The number of aromatic amines is 1. The number of aliphatic hydroxyl groups is 8. The largest absolute Gasteiger partial charge is 0.394 e. The molecule has 0 spiro atoms. The maximum absolute atomic E-state index is 13.1. The lowest BCUT2D eigenvalue weighted by Gasteiger charge is -2.47. The summed E-state index contributed by atoms with van der Waals surface area (Å²) in [6.07, 6.45) is -8.97. The quantitative estimate of drug-likeness (QED) is 0.0479. The molecule has 58 heavy (non-hydrogen) atoms. The van der Waals surface area contributed by atoms with Crippen molar-refractivity contribution in [1.29, 1.82) is 0 Å². The summed E-state index contributed by atoms with van der Waals surface area (Å²) in [7, 11) is 0. The summed E-state index contributed by atoms with van der Waals surface area (Å²) < 4.78 is 24.1. The number of hydrogen-bond donors (Lipinski definition) is 11. The number of hydrogen-bond acceptors (Lipinski definition) is 16. The highest BCUT2D eigenvalue weighted by Gasteiger charge is 2.53. The van der Waals surface area contributed by atoms with Crippen molar-refractivity contribution in [1.82, 2.24) is 20.2 Å². The molecule has 4 heterocycles. The third-order valence-electron chi connectivity index (χ3n) is 10.7. The summed E-state index contributed by atoms with van der Waals surface area (Å²) in [6, 6.07) is -2.01. The number of ether oxygens (including phenoxy) is 4. The van der Waals surface area contributed by atoms with E-state index in [1.54, 1.807) is 6.08 Å². The number of nitrogens with zero attached hydrogens (tertiary/aromatic N) is 1. The highest BCUT2D eigenvalue weighted by Crippen LogP contribution is 2.34. The van der Waals surface area contributed by atoms with Gasteiger partial charge in [-0.05, 0) is 24.8 Å². The molecule has 3 saturated heterocycles. The number of unbranched alkanes of at least 4 members (excludes halogenated alkanes) is 7. The van der Waals surface area contributed by atoms with Crippen LogP contribution >= 0.6 is 0 Å². The van der Waals surface area contributed by atoms with E-state index >= 15 is 0 Å². The van der Waals surface area contributed by atoms with Gasteiger partial charge in [-0.15, -0.1) is 0 Å². The minimum absolute atomic E-state index is 0.598. The maximum Gasteiger partial charge on any atom is 0.330 e. The number of H-pyrrole nitrogens is 1. The number of carbonyl (C=O) groups is 2. The summed E-state index contributed by atoms with van der Waals surface area (Å²) in [5.74, 6) is -0.641. The summed E-state index contributed by atoms with van der Waals surface area (Å²) in [4.78, 5) is 51.1. The predicted molar refractivity (Wildman–Crippen MR) is 202 cm³/mol. The summed E-state index contributed by atoms with van der Waals surface area (Å²) in [5, 5.41) is 91.4. The van der Waals surface area contributed by atoms with Crippen LogP contribution in [0, 0.1) is 5.92 Å². The van der Waals surface area contributed by atoms with Crippen molar-refractivity contribution in [2.24, 2.45) is 5.92 Å². The first kappa shape index (κ1) is 47.6. The van der Waals surface area contributed by atoms with Crippen LogP contribution in [0.15, 0.2) is 34.0 Å². The van der Waals surface area contributed by atoms with E-state index in [9.17, 15) is 60.0 Å². The van der Waals surface area contributed by atoms with Gasteiger partial charge < -0.3 is 70.4 Å². The molecule has 20 nitrogen and oxygen atoms in total. The van der Waals surface area contributed by atoms with Crippen LogP contribution < -0.4 is 21.9 Å². The van der Waals surface area contributed by atoms with Crippen molar-refractivity contribution in [3.8, 4) is 0 Å². The molecule has 3 fully saturated rings. The minimum Gasteiger partial charge on any atom is -0.394 e. The number of nitrogens with one attached hydrogen (secondary N) is 3. The molecular weight excluding hydrogens is 768 g/mol. The van der Waals surface area contributed by atoms with E-state index in [2.05, 4.69) is 24.5 Å². The van der Waals surface area contributed by atoms with Crippen molar-refractivity contribution >= 4 is 11.8 Å². The Morgan fingerprint density at radius 3 is 2.02 bits per heavy atom. The van der Waals surface area contributed by atoms with Gasteiger partial charge in [0.2, 0.25) is 11.8 Å². The monoisotopic (exact) mass is 830 g/mol. The van der Waals surface area contributed by atoms with E-state index in [1.807, 2.05) is 4.98 Å². The van der Waals surface area contributed by atoms with Crippen LogP contribution in [0.25, 0.3) is 0 Å². The summed E-state index contributed by atoms with van der Waals surface area (Å²) >= 11 is 0. The molecule has 330 valence electrons. The van der Waals surface area contributed by atoms with Gasteiger partial charge in [0.25, 0.3) is 5.56 Å². The Morgan fingerprint density at radius 1 is 0.828 bits per heavy atom. The number of rotatable bonds is 20. The van der Waals surface area contributed by atoms with Crippen molar-refractivity contribution in [3.05, 3.63) is 45.3 Å². The van der Waals surface area contributed by atoms with E-state index in [-0.39, 0.29) is 0 Å². The Bertz CT molecular complexity index is 1590. The zero-order valence-electron chi connectivity index (χ0n) is 33.1. The minimum atomic E-state index is -1.85. The van der Waals surface area contributed by atoms with E-state index in [0.29, 0.717) is 12.3 Å². The molecule has 2 amide bonds. The van der Waals surface area contributed by atoms with E-state index < -0.39 is 128 Å². The standard InChI is InChI=1S/C38H62N4O16/c1-19(2)13-11-9-7-5-4-6-8-10-12-14-24(46)40-27-31(51)28(48)22(55-37(27)58-36-26(39-20(3)44)30(50)29(49)23(18-43)56-36)17-21(45)34-32(52)33(53)35(57-34)42-16-15-25(47)41-38(42)54/h12,14-16,19,21-23,26-37,43,45,48-53H,4-11,13,17-18H2,1-3H3,(H,39,44)(H,40,46)(H,41,47,54)/b14-12+/t21-,22+,23+,26-,27-,28-,29-,30-,31+,32-,33+,34-,35-,36-,37-/m0/s1. The van der Waals surface area contributed by atoms with Gasteiger partial charge in [0.15, 0.2) is 18.8 Å². The Morgan fingerprint density at radius 2 is 1.41 bits per heavy atom. The summed E-state index contributed by atoms with van der Waals surface area (Å²) in [6.45, 7) is 4.78. The second-order valence-electron chi connectivity index (χ2n) is 15.8. The molecule has 0 unspecified atom stereocenters. The van der Waals surface area contributed by atoms with E-state index in [1.165, 1.54) is 31.8 Å². The average molecular weight is 831 g/mol. The summed E-state index contributed by atoms with van der Waals surface area (Å²) in [5.41, 5.74) is -1.68. The molecular formula is C38H62N4O16. The number of aliphatic hydroxyl groups excluding tert-OH is 8. The van der Waals surface area contributed by atoms with Crippen molar-refractivity contribution < 1.29 is 69.4 Å². The van der Waals surface area contributed by atoms with Crippen LogP contribution in [-0.2, 0) is 28.5 Å². The van der Waals surface area contributed by atoms with Crippen LogP contribution in [0.5, 0.6) is 0 Å². The number of aromatic nitrogens is 2. The lowest BCUT2D eigenvalue weighted by molar-refractivity contribution is -0.346. The van der Waals surface area contributed by atoms with Gasteiger partial charge >= 0.3 is 5.69 Å². The fourth-order valence-corrected chi connectivity index (χ4v) is 7.45. The Hall–Kier alpha value is -3.12. The van der Waals surface area contributed by atoms with Gasteiger partial charge in [0.05, 0.1) is 18.8 Å². The van der Waals surface area contributed by atoms with Gasteiger partial charge in [-0.25, -0.2) is 4.79 Å². The third-order valence-corrected chi connectivity index (χ3v) is 10.7. The van der Waals surface area contributed by atoms with Gasteiger partial charge in [-0.2, -0.15) is 0 Å². The van der Waals surface area contributed by atoms with Gasteiger partial charge in [0.1, 0.15) is 60.9 Å². The molecule has 11 N–H and O–H groups in total. The molecule has 0 aliphatic carbocycles. The molecule has 0 radical (unpaired) electrons. The smallest absolute Gasteiger partial charge is 0.330 e. The number of amides is 2. The molecule has 1 aromatic rings. The predicted octanol–water partition coefficient (Wildman–Crippen LogP) is -2.48.